The molecule has 86 valence electrons. The molecule has 1 aromatic carbocycles. The fraction of sp³-hybridized carbons (Fsp3) is 0.429. The lowest BCUT2D eigenvalue weighted by molar-refractivity contribution is 0.438. The normalized spacial score (nSPS) is 18.1. The van der Waals surface area contributed by atoms with Crippen LogP contribution in [0.25, 0.3) is 6.08 Å². The second-order valence-corrected chi connectivity index (χ2v) is 4.82. The highest BCUT2D eigenvalue weighted by molar-refractivity contribution is 6.32. The highest BCUT2D eigenvalue weighted by Crippen LogP contribution is 2.23. The van der Waals surface area contributed by atoms with Gasteiger partial charge in [0.1, 0.15) is 0 Å². The van der Waals surface area contributed by atoms with Crippen molar-refractivity contribution < 1.29 is 0 Å². The molecule has 0 bridgehead atoms. The summed E-state index contributed by atoms with van der Waals surface area (Å²) in [4.78, 5) is 0. The molecule has 1 N–H and O–H groups in total. The molecule has 0 spiro atoms. The van der Waals surface area contributed by atoms with Gasteiger partial charge in [-0.15, -0.1) is 0 Å². The molecule has 0 aromatic heterocycles. The largest absolute Gasteiger partial charge is 0.317 e. The van der Waals surface area contributed by atoms with Crippen LogP contribution in [0.15, 0.2) is 24.3 Å². The Hall–Kier alpha value is -0.790. The third kappa shape index (κ3) is 2.87. The van der Waals surface area contributed by atoms with Crippen molar-refractivity contribution >= 4 is 17.7 Å². The van der Waals surface area contributed by atoms with Crippen molar-refractivity contribution in [2.75, 3.05) is 13.1 Å². The summed E-state index contributed by atoms with van der Waals surface area (Å²) in [6, 6.07) is 6.06. The molecule has 16 heavy (non-hydrogen) atoms. The lowest BCUT2D eigenvalue weighted by Crippen LogP contribution is -2.26. The average molecular weight is 236 g/mol. The smallest absolute Gasteiger partial charge is 0.0480 e. The molecule has 0 radical (unpaired) electrons. The molecule has 2 rings (SSSR count). The minimum absolute atomic E-state index is 0.705. The Labute approximate surface area is 103 Å². The lowest BCUT2D eigenvalue weighted by atomic mass is 9.96. The number of rotatable bonds is 2. The number of hydrogen-bond donors (Lipinski definition) is 1. The maximum Gasteiger partial charge on any atom is 0.0480 e. The van der Waals surface area contributed by atoms with Crippen molar-refractivity contribution in [3.63, 3.8) is 0 Å². The summed E-state index contributed by atoms with van der Waals surface area (Å²) < 4.78 is 0. The van der Waals surface area contributed by atoms with E-state index in [9.17, 15) is 0 Å². The maximum atomic E-state index is 6.18. The zero-order chi connectivity index (χ0) is 11.4. The summed E-state index contributed by atoms with van der Waals surface area (Å²) in [5.41, 5.74) is 2.42. The second kappa shape index (κ2) is 5.51. The first-order chi connectivity index (χ1) is 7.77. The molecular weight excluding hydrogens is 218 g/mol. The van der Waals surface area contributed by atoms with E-state index in [0.29, 0.717) is 5.92 Å². The van der Waals surface area contributed by atoms with Gasteiger partial charge in [0.15, 0.2) is 0 Å². The summed E-state index contributed by atoms with van der Waals surface area (Å²) in [6.45, 7) is 4.38. The van der Waals surface area contributed by atoms with Gasteiger partial charge in [0.25, 0.3) is 0 Å². The van der Waals surface area contributed by atoms with Gasteiger partial charge in [-0.3, -0.25) is 0 Å². The molecule has 1 heterocycles. The lowest BCUT2D eigenvalue weighted by Gasteiger charge is -2.19. The highest BCUT2D eigenvalue weighted by Gasteiger charge is 2.09. The molecule has 1 fully saturated rings. The molecule has 0 unspecified atom stereocenters. The van der Waals surface area contributed by atoms with Gasteiger partial charge < -0.3 is 5.32 Å². The van der Waals surface area contributed by atoms with Crippen LogP contribution in [0.4, 0.5) is 0 Å². The van der Waals surface area contributed by atoms with E-state index in [1.807, 2.05) is 12.1 Å². The van der Waals surface area contributed by atoms with E-state index < -0.39 is 0 Å². The van der Waals surface area contributed by atoms with Gasteiger partial charge in [0, 0.05) is 5.02 Å². The van der Waals surface area contributed by atoms with E-state index in [1.54, 1.807) is 0 Å². The van der Waals surface area contributed by atoms with E-state index >= 15 is 0 Å². The van der Waals surface area contributed by atoms with Crippen LogP contribution in [0.5, 0.6) is 0 Å². The number of aryl methyl sites for hydroxylation is 1. The number of piperidine rings is 1. The van der Waals surface area contributed by atoms with Crippen molar-refractivity contribution in [3.8, 4) is 0 Å². The van der Waals surface area contributed by atoms with Crippen LogP contribution in [0.2, 0.25) is 5.02 Å². The van der Waals surface area contributed by atoms with Crippen LogP contribution in [-0.4, -0.2) is 13.1 Å². The van der Waals surface area contributed by atoms with Gasteiger partial charge in [-0.05, 0) is 56.0 Å². The van der Waals surface area contributed by atoms with Gasteiger partial charge in [0.05, 0.1) is 0 Å². The zero-order valence-electron chi connectivity index (χ0n) is 9.67. The Bertz CT molecular complexity index is 358. The first-order valence-electron chi connectivity index (χ1n) is 5.91. The van der Waals surface area contributed by atoms with Crippen LogP contribution in [0.3, 0.4) is 0 Å². The predicted octanol–water partition coefficient (Wildman–Crippen LogP) is 3.66. The number of nitrogens with one attached hydrogen (secondary N) is 1. The van der Waals surface area contributed by atoms with Crippen molar-refractivity contribution in [2.24, 2.45) is 5.92 Å². The number of benzene rings is 1. The topological polar surface area (TPSA) is 12.0 Å². The molecule has 2 heteroatoms. The third-order valence-corrected chi connectivity index (χ3v) is 3.52. The van der Waals surface area contributed by atoms with Gasteiger partial charge in [-0.2, -0.15) is 0 Å². The fourth-order valence-corrected chi connectivity index (χ4v) is 2.41. The van der Waals surface area contributed by atoms with E-state index in [4.69, 9.17) is 11.6 Å². The first-order valence-corrected chi connectivity index (χ1v) is 6.29. The van der Waals surface area contributed by atoms with Crippen molar-refractivity contribution in [1.82, 2.24) is 5.32 Å². The molecule has 1 aliphatic heterocycles. The Morgan fingerprint density at radius 3 is 2.75 bits per heavy atom. The van der Waals surface area contributed by atoms with E-state index in [1.165, 1.54) is 24.0 Å². The molecule has 1 aliphatic rings. The van der Waals surface area contributed by atoms with Crippen molar-refractivity contribution in [1.29, 1.82) is 0 Å². The molecule has 1 aromatic rings. The third-order valence-electron chi connectivity index (χ3n) is 3.19. The Morgan fingerprint density at radius 1 is 1.31 bits per heavy atom. The number of halogens is 1. The molecule has 1 saturated heterocycles. The van der Waals surface area contributed by atoms with E-state index in [0.717, 1.165) is 18.1 Å². The standard InChI is InChI=1S/C14H18ClN/c1-11-3-2-4-14(15)13(11)6-5-12-7-9-16-10-8-12/h2-6,12,16H,7-10H2,1H3. The van der Waals surface area contributed by atoms with Crippen LogP contribution in [-0.2, 0) is 0 Å². The van der Waals surface area contributed by atoms with Gasteiger partial charge in [-0.1, -0.05) is 35.9 Å². The highest BCUT2D eigenvalue weighted by atomic mass is 35.5. The van der Waals surface area contributed by atoms with Gasteiger partial charge in [-0.25, -0.2) is 0 Å². The second-order valence-electron chi connectivity index (χ2n) is 4.42. The van der Waals surface area contributed by atoms with Gasteiger partial charge in [0.2, 0.25) is 0 Å². The van der Waals surface area contributed by atoms with Crippen LogP contribution in [0, 0.1) is 12.8 Å². The predicted molar refractivity (Wildman–Crippen MR) is 70.8 cm³/mol. The van der Waals surface area contributed by atoms with Crippen LogP contribution >= 0.6 is 11.6 Å². The molecule has 0 saturated carbocycles. The summed E-state index contributed by atoms with van der Waals surface area (Å²) >= 11 is 6.18. The monoisotopic (exact) mass is 235 g/mol. The minimum atomic E-state index is 0.705. The Balaban J connectivity index is 2.10. The van der Waals surface area contributed by atoms with Crippen molar-refractivity contribution in [3.05, 3.63) is 40.4 Å². The maximum absolute atomic E-state index is 6.18. The van der Waals surface area contributed by atoms with Gasteiger partial charge >= 0.3 is 0 Å². The molecule has 0 amide bonds. The summed E-state index contributed by atoms with van der Waals surface area (Å²) in [5, 5.41) is 4.23. The minimum Gasteiger partial charge on any atom is -0.317 e. The number of hydrogen-bond acceptors (Lipinski definition) is 1. The first kappa shape index (κ1) is 11.7. The quantitative estimate of drug-likeness (QED) is 0.825. The van der Waals surface area contributed by atoms with E-state index in [2.05, 4.69) is 30.5 Å². The SMILES string of the molecule is Cc1cccc(Cl)c1C=CC1CCNCC1. The van der Waals surface area contributed by atoms with Crippen molar-refractivity contribution in [2.45, 2.75) is 19.8 Å². The average Bonchev–Trinajstić information content (AvgIpc) is 2.30. The fourth-order valence-electron chi connectivity index (χ4n) is 2.12. The van der Waals surface area contributed by atoms with E-state index in [-0.39, 0.29) is 0 Å². The molecule has 0 aliphatic carbocycles. The molecular formula is C14H18ClN. The number of allylic oxidation sites excluding steroid dienone is 1. The summed E-state index contributed by atoms with van der Waals surface area (Å²) in [6.07, 6.45) is 6.97. The Kier molecular flexibility index (Phi) is 4.03. The Morgan fingerprint density at radius 2 is 2.06 bits per heavy atom. The van der Waals surface area contributed by atoms with Crippen LogP contribution < -0.4 is 5.32 Å². The van der Waals surface area contributed by atoms with Crippen LogP contribution in [0.1, 0.15) is 24.0 Å². The molecule has 1 nitrogen and oxygen atoms in total. The summed E-state index contributed by atoms with van der Waals surface area (Å²) in [7, 11) is 0. The molecule has 0 atom stereocenters. The zero-order valence-corrected chi connectivity index (χ0v) is 10.4. The summed E-state index contributed by atoms with van der Waals surface area (Å²) in [5.74, 6) is 0.705.